The molecule has 2 nitrogen and oxygen atoms in total. The quantitative estimate of drug-likeness (QED) is 0.685. The molecule has 0 atom stereocenters. The molecule has 1 saturated heterocycles. The van der Waals surface area contributed by atoms with Crippen molar-refractivity contribution in [2.75, 3.05) is 0 Å². The van der Waals surface area contributed by atoms with Crippen LogP contribution in [0.25, 0.3) is 0 Å². The third kappa shape index (κ3) is 2.54. The minimum atomic E-state index is 0.561. The Morgan fingerprint density at radius 1 is 1.08 bits per heavy atom. The SMILES string of the molecule is CCc1ccc(CCC2NN2)cc1. The highest BCUT2D eigenvalue weighted by Gasteiger charge is 2.17. The Kier molecular flexibility index (Phi) is 2.62. The van der Waals surface area contributed by atoms with E-state index < -0.39 is 0 Å². The Morgan fingerprint density at radius 3 is 2.23 bits per heavy atom. The van der Waals surface area contributed by atoms with Crippen LogP contribution >= 0.6 is 0 Å². The highest BCUT2D eigenvalue weighted by atomic mass is 15.6. The molecule has 2 heteroatoms. The molecule has 2 rings (SSSR count). The van der Waals surface area contributed by atoms with Crippen LogP contribution in [0.3, 0.4) is 0 Å². The van der Waals surface area contributed by atoms with E-state index in [1.807, 2.05) is 0 Å². The van der Waals surface area contributed by atoms with Crippen LogP contribution < -0.4 is 10.9 Å². The zero-order chi connectivity index (χ0) is 9.10. The number of benzene rings is 1. The summed E-state index contributed by atoms with van der Waals surface area (Å²) in [5.41, 5.74) is 9.01. The Bertz CT molecular complexity index is 262. The number of nitrogens with one attached hydrogen (secondary N) is 2. The van der Waals surface area contributed by atoms with Gasteiger partial charge in [-0.1, -0.05) is 31.2 Å². The average Bonchev–Trinajstić information content (AvgIpc) is 2.99. The molecule has 0 bridgehead atoms. The second kappa shape index (κ2) is 3.90. The van der Waals surface area contributed by atoms with Crippen molar-refractivity contribution < 1.29 is 0 Å². The maximum atomic E-state index is 3.08. The van der Waals surface area contributed by atoms with Crippen molar-refractivity contribution in [2.45, 2.75) is 32.4 Å². The number of hydrogen-bond donors (Lipinski definition) is 2. The van der Waals surface area contributed by atoms with Crippen LogP contribution in [0.1, 0.15) is 24.5 Å². The van der Waals surface area contributed by atoms with Crippen molar-refractivity contribution in [1.29, 1.82) is 0 Å². The molecular weight excluding hydrogens is 160 g/mol. The van der Waals surface area contributed by atoms with Crippen molar-refractivity contribution >= 4 is 0 Å². The Morgan fingerprint density at radius 2 is 1.69 bits per heavy atom. The van der Waals surface area contributed by atoms with E-state index in [-0.39, 0.29) is 0 Å². The highest BCUT2D eigenvalue weighted by molar-refractivity contribution is 5.22. The predicted octanol–water partition coefficient (Wildman–Crippen LogP) is 1.62. The van der Waals surface area contributed by atoms with Crippen LogP contribution in [0.5, 0.6) is 0 Å². The third-order valence-corrected chi connectivity index (χ3v) is 2.50. The molecule has 0 aliphatic carbocycles. The molecule has 1 fully saturated rings. The lowest BCUT2D eigenvalue weighted by Gasteiger charge is -2.00. The first-order chi connectivity index (χ1) is 6.38. The molecule has 2 N–H and O–H groups in total. The van der Waals surface area contributed by atoms with E-state index in [1.165, 1.54) is 17.5 Å². The number of aryl methyl sites for hydroxylation is 2. The summed E-state index contributed by atoms with van der Waals surface area (Å²) >= 11 is 0. The molecule has 0 amide bonds. The predicted molar refractivity (Wildman–Crippen MR) is 54.2 cm³/mol. The first-order valence-electron chi connectivity index (χ1n) is 4.97. The molecular formula is C11H16N2. The first kappa shape index (κ1) is 8.73. The molecule has 0 saturated carbocycles. The van der Waals surface area contributed by atoms with Gasteiger partial charge in [0.15, 0.2) is 0 Å². The van der Waals surface area contributed by atoms with E-state index >= 15 is 0 Å². The minimum Gasteiger partial charge on any atom is -0.238 e. The van der Waals surface area contributed by atoms with Crippen LogP contribution in [-0.2, 0) is 12.8 Å². The van der Waals surface area contributed by atoms with Crippen molar-refractivity contribution in [2.24, 2.45) is 0 Å². The van der Waals surface area contributed by atoms with Gasteiger partial charge in [0.25, 0.3) is 0 Å². The normalized spacial score (nSPS) is 16.1. The van der Waals surface area contributed by atoms with Gasteiger partial charge in [-0.3, -0.25) is 0 Å². The lowest BCUT2D eigenvalue weighted by molar-refractivity contribution is 0.787. The minimum absolute atomic E-state index is 0.561. The van der Waals surface area contributed by atoms with Crippen LogP contribution in [-0.4, -0.2) is 6.17 Å². The summed E-state index contributed by atoms with van der Waals surface area (Å²) in [6, 6.07) is 8.93. The first-order valence-corrected chi connectivity index (χ1v) is 4.97. The summed E-state index contributed by atoms with van der Waals surface area (Å²) in [5.74, 6) is 0. The average molecular weight is 176 g/mol. The van der Waals surface area contributed by atoms with Crippen LogP contribution in [0, 0.1) is 0 Å². The standard InChI is InChI=1S/C11H16N2/c1-2-9-3-5-10(6-4-9)7-8-11-12-13-11/h3-6,11-13H,2,7-8H2,1H3. The lowest BCUT2D eigenvalue weighted by Crippen LogP contribution is -1.95. The van der Waals surface area contributed by atoms with E-state index in [0.717, 1.165) is 12.8 Å². The monoisotopic (exact) mass is 176 g/mol. The third-order valence-electron chi connectivity index (χ3n) is 2.50. The van der Waals surface area contributed by atoms with Crippen molar-refractivity contribution in [3.8, 4) is 0 Å². The van der Waals surface area contributed by atoms with E-state index in [4.69, 9.17) is 0 Å². The van der Waals surface area contributed by atoms with Gasteiger partial charge in [-0.15, -0.1) is 0 Å². The van der Waals surface area contributed by atoms with E-state index in [9.17, 15) is 0 Å². The molecule has 1 aliphatic heterocycles. The molecule has 70 valence electrons. The van der Waals surface area contributed by atoms with Gasteiger partial charge >= 0.3 is 0 Å². The molecule has 1 aromatic rings. The van der Waals surface area contributed by atoms with Gasteiger partial charge < -0.3 is 0 Å². The zero-order valence-corrected chi connectivity index (χ0v) is 8.01. The van der Waals surface area contributed by atoms with E-state index in [2.05, 4.69) is 42.0 Å². The second-order valence-electron chi connectivity index (χ2n) is 3.55. The Labute approximate surface area is 79.3 Å². The van der Waals surface area contributed by atoms with Gasteiger partial charge in [0.2, 0.25) is 0 Å². The Hall–Kier alpha value is -0.860. The van der Waals surface area contributed by atoms with Gasteiger partial charge in [-0.2, -0.15) is 0 Å². The van der Waals surface area contributed by atoms with Gasteiger partial charge in [-0.25, -0.2) is 10.9 Å². The number of rotatable bonds is 4. The molecule has 0 aromatic heterocycles. The second-order valence-corrected chi connectivity index (χ2v) is 3.55. The summed E-state index contributed by atoms with van der Waals surface area (Å²) in [5, 5.41) is 0. The van der Waals surface area contributed by atoms with E-state index in [1.54, 1.807) is 0 Å². The molecule has 13 heavy (non-hydrogen) atoms. The van der Waals surface area contributed by atoms with Gasteiger partial charge in [0, 0.05) is 0 Å². The van der Waals surface area contributed by atoms with Crippen LogP contribution in [0.2, 0.25) is 0 Å². The van der Waals surface area contributed by atoms with Crippen molar-refractivity contribution in [3.05, 3.63) is 35.4 Å². The molecule has 1 heterocycles. The van der Waals surface area contributed by atoms with Crippen molar-refractivity contribution in [1.82, 2.24) is 10.9 Å². The summed E-state index contributed by atoms with van der Waals surface area (Å²) in [6.45, 7) is 2.19. The fourth-order valence-corrected chi connectivity index (χ4v) is 1.46. The molecule has 0 spiro atoms. The molecule has 1 aliphatic rings. The van der Waals surface area contributed by atoms with Gasteiger partial charge in [0.1, 0.15) is 0 Å². The number of hydrazine groups is 1. The van der Waals surface area contributed by atoms with Crippen LogP contribution in [0.4, 0.5) is 0 Å². The smallest absolute Gasteiger partial charge is 0.0836 e. The Balaban J connectivity index is 1.88. The highest BCUT2D eigenvalue weighted by Crippen LogP contribution is 2.09. The summed E-state index contributed by atoms with van der Waals surface area (Å²) < 4.78 is 0. The summed E-state index contributed by atoms with van der Waals surface area (Å²) in [4.78, 5) is 0. The van der Waals surface area contributed by atoms with E-state index in [0.29, 0.717) is 6.17 Å². The van der Waals surface area contributed by atoms with Crippen LogP contribution in [0.15, 0.2) is 24.3 Å². The lowest BCUT2D eigenvalue weighted by atomic mass is 10.1. The largest absolute Gasteiger partial charge is 0.238 e. The summed E-state index contributed by atoms with van der Waals surface area (Å²) in [6.07, 6.45) is 4.04. The fraction of sp³-hybridized carbons (Fsp3) is 0.455. The zero-order valence-electron chi connectivity index (χ0n) is 8.01. The summed E-state index contributed by atoms with van der Waals surface area (Å²) in [7, 11) is 0. The maximum Gasteiger partial charge on any atom is 0.0836 e. The number of hydrogen-bond acceptors (Lipinski definition) is 2. The maximum absolute atomic E-state index is 3.08. The van der Waals surface area contributed by atoms with Gasteiger partial charge in [0.05, 0.1) is 6.17 Å². The molecule has 0 radical (unpaired) electrons. The molecule has 1 aromatic carbocycles. The topological polar surface area (TPSA) is 43.9 Å². The van der Waals surface area contributed by atoms with Gasteiger partial charge in [-0.05, 0) is 30.4 Å². The fourth-order valence-electron chi connectivity index (χ4n) is 1.46. The molecule has 0 unspecified atom stereocenters. The van der Waals surface area contributed by atoms with Crippen molar-refractivity contribution in [3.63, 3.8) is 0 Å².